The molecule has 0 bridgehead atoms. The average molecular weight is 249 g/mol. The van der Waals surface area contributed by atoms with Crippen molar-refractivity contribution < 1.29 is 8.78 Å². The molecule has 0 aromatic heterocycles. The van der Waals surface area contributed by atoms with Gasteiger partial charge in [0.2, 0.25) is 0 Å². The van der Waals surface area contributed by atoms with Gasteiger partial charge in [-0.15, -0.1) is 0 Å². The summed E-state index contributed by atoms with van der Waals surface area (Å²) < 4.78 is 26.5. The van der Waals surface area contributed by atoms with Gasteiger partial charge in [-0.1, -0.05) is 13.0 Å². The molecular weight excluding hydrogens is 232 g/mol. The second kappa shape index (κ2) is 5.06. The van der Waals surface area contributed by atoms with Crippen LogP contribution in [0.4, 0.5) is 8.78 Å². The monoisotopic (exact) mass is 249 g/mol. The largest absolute Gasteiger partial charge is 0.207 e. The first kappa shape index (κ1) is 13.0. The molecule has 1 aliphatic rings. The number of hydrogen-bond acceptors (Lipinski definition) is 1. The van der Waals surface area contributed by atoms with E-state index >= 15 is 0 Å². The van der Waals surface area contributed by atoms with E-state index < -0.39 is 17.0 Å². The van der Waals surface area contributed by atoms with Gasteiger partial charge in [0.25, 0.3) is 0 Å². The molecule has 0 radical (unpaired) electrons. The molecule has 0 aliphatic heterocycles. The molecular formula is C15H17F2N. The summed E-state index contributed by atoms with van der Waals surface area (Å²) in [7, 11) is 0. The van der Waals surface area contributed by atoms with Crippen LogP contribution in [0.15, 0.2) is 18.2 Å². The van der Waals surface area contributed by atoms with Crippen molar-refractivity contribution in [2.24, 2.45) is 11.3 Å². The molecule has 1 aromatic rings. The molecule has 1 nitrogen and oxygen atoms in total. The van der Waals surface area contributed by atoms with Crippen molar-refractivity contribution in [3.8, 4) is 6.07 Å². The first-order valence-electron chi connectivity index (χ1n) is 6.40. The van der Waals surface area contributed by atoms with Crippen LogP contribution in [0.2, 0.25) is 0 Å². The van der Waals surface area contributed by atoms with E-state index in [2.05, 4.69) is 13.0 Å². The van der Waals surface area contributed by atoms with Crippen LogP contribution in [-0.4, -0.2) is 0 Å². The van der Waals surface area contributed by atoms with E-state index in [9.17, 15) is 14.0 Å². The van der Waals surface area contributed by atoms with Crippen molar-refractivity contribution in [3.63, 3.8) is 0 Å². The van der Waals surface area contributed by atoms with E-state index in [0.717, 1.165) is 31.7 Å². The first-order chi connectivity index (χ1) is 8.54. The van der Waals surface area contributed by atoms with Crippen LogP contribution in [0.5, 0.6) is 0 Å². The molecule has 0 saturated heterocycles. The number of rotatable bonds is 2. The molecule has 0 N–H and O–H groups in total. The van der Waals surface area contributed by atoms with Gasteiger partial charge in [0.15, 0.2) is 0 Å². The molecule has 1 aromatic carbocycles. The van der Waals surface area contributed by atoms with Crippen molar-refractivity contribution >= 4 is 0 Å². The Morgan fingerprint density at radius 3 is 2.56 bits per heavy atom. The van der Waals surface area contributed by atoms with Crippen molar-refractivity contribution in [1.29, 1.82) is 5.26 Å². The second-order valence-corrected chi connectivity index (χ2v) is 5.49. The Morgan fingerprint density at radius 1 is 1.33 bits per heavy atom. The van der Waals surface area contributed by atoms with E-state index in [1.165, 1.54) is 12.1 Å². The Balaban J connectivity index is 2.18. The van der Waals surface area contributed by atoms with Crippen LogP contribution in [0, 0.1) is 34.3 Å². The zero-order valence-corrected chi connectivity index (χ0v) is 10.5. The maximum absolute atomic E-state index is 13.6. The second-order valence-electron chi connectivity index (χ2n) is 5.49. The number of benzene rings is 1. The fraction of sp³-hybridized carbons (Fsp3) is 0.533. The Labute approximate surface area is 106 Å². The highest BCUT2D eigenvalue weighted by atomic mass is 19.1. The van der Waals surface area contributed by atoms with Gasteiger partial charge in [-0.2, -0.15) is 5.26 Å². The van der Waals surface area contributed by atoms with E-state index in [4.69, 9.17) is 0 Å². The maximum atomic E-state index is 13.6. The molecule has 3 heteroatoms. The third-order valence-electron chi connectivity index (χ3n) is 4.01. The normalized spacial score (nSPS) is 27.8. The minimum absolute atomic E-state index is 0.391. The average Bonchev–Trinajstić information content (AvgIpc) is 2.36. The van der Waals surface area contributed by atoms with Gasteiger partial charge in [0, 0.05) is 6.07 Å². The van der Waals surface area contributed by atoms with Crippen LogP contribution in [0.25, 0.3) is 0 Å². The fourth-order valence-corrected chi connectivity index (χ4v) is 2.67. The summed E-state index contributed by atoms with van der Waals surface area (Å²) in [5, 5.41) is 9.39. The third-order valence-corrected chi connectivity index (χ3v) is 4.01. The van der Waals surface area contributed by atoms with Crippen molar-refractivity contribution in [2.45, 2.75) is 39.0 Å². The SMILES string of the molecule is CC1CCC(C#N)(Cc2ccc(F)cc2F)CC1. The molecule has 0 unspecified atom stereocenters. The quantitative estimate of drug-likeness (QED) is 0.769. The summed E-state index contributed by atoms with van der Waals surface area (Å²) in [6, 6.07) is 5.98. The van der Waals surface area contributed by atoms with E-state index in [-0.39, 0.29) is 0 Å². The van der Waals surface area contributed by atoms with Gasteiger partial charge in [-0.25, -0.2) is 8.78 Å². The molecule has 0 spiro atoms. The molecule has 1 aliphatic carbocycles. The lowest BCUT2D eigenvalue weighted by Crippen LogP contribution is -2.28. The highest BCUT2D eigenvalue weighted by Crippen LogP contribution is 2.41. The molecule has 0 atom stereocenters. The molecule has 0 heterocycles. The lowest BCUT2D eigenvalue weighted by atomic mass is 9.69. The van der Waals surface area contributed by atoms with E-state index in [0.29, 0.717) is 17.9 Å². The molecule has 0 amide bonds. The van der Waals surface area contributed by atoms with E-state index in [1.807, 2.05) is 0 Å². The molecule has 18 heavy (non-hydrogen) atoms. The zero-order chi connectivity index (χ0) is 13.2. The minimum atomic E-state index is -0.570. The summed E-state index contributed by atoms with van der Waals surface area (Å²) >= 11 is 0. The van der Waals surface area contributed by atoms with Gasteiger partial charge >= 0.3 is 0 Å². The smallest absolute Gasteiger partial charge is 0.129 e. The molecule has 2 rings (SSSR count). The van der Waals surface area contributed by atoms with E-state index in [1.54, 1.807) is 0 Å². The predicted octanol–water partition coefficient (Wildman–Crippen LogP) is 4.23. The lowest BCUT2D eigenvalue weighted by molar-refractivity contribution is 0.217. The van der Waals surface area contributed by atoms with Crippen molar-refractivity contribution in [3.05, 3.63) is 35.4 Å². The summed E-state index contributed by atoms with van der Waals surface area (Å²) in [6.07, 6.45) is 4.03. The lowest BCUT2D eigenvalue weighted by Gasteiger charge is -2.33. The van der Waals surface area contributed by atoms with Gasteiger partial charge < -0.3 is 0 Å². The molecule has 1 fully saturated rings. The van der Waals surface area contributed by atoms with Gasteiger partial charge in [-0.05, 0) is 49.7 Å². The Hall–Kier alpha value is -1.43. The van der Waals surface area contributed by atoms with Crippen LogP contribution in [0.1, 0.15) is 38.2 Å². The highest BCUT2D eigenvalue weighted by Gasteiger charge is 2.35. The topological polar surface area (TPSA) is 23.8 Å². The third kappa shape index (κ3) is 2.69. The number of halogens is 2. The Kier molecular flexibility index (Phi) is 3.65. The Bertz CT molecular complexity index is 468. The predicted molar refractivity (Wildman–Crippen MR) is 65.7 cm³/mol. The summed E-state index contributed by atoms with van der Waals surface area (Å²) in [5.41, 5.74) is -0.0157. The number of nitriles is 1. The van der Waals surface area contributed by atoms with Gasteiger partial charge in [0.1, 0.15) is 11.6 Å². The fourth-order valence-electron chi connectivity index (χ4n) is 2.67. The Morgan fingerprint density at radius 2 is 2.00 bits per heavy atom. The minimum Gasteiger partial charge on any atom is -0.207 e. The summed E-state index contributed by atoms with van der Waals surface area (Å²) in [4.78, 5) is 0. The molecule has 1 saturated carbocycles. The highest BCUT2D eigenvalue weighted by molar-refractivity contribution is 5.22. The molecule has 96 valence electrons. The van der Waals surface area contributed by atoms with Crippen LogP contribution >= 0.6 is 0 Å². The zero-order valence-electron chi connectivity index (χ0n) is 10.5. The number of hydrogen-bond donors (Lipinski definition) is 0. The summed E-state index contributed by atoms with van der Waals surface area (Å²) in [6.45, 7) is 2.18. The van der Waals surface area contributed by atoms with Crippen LogP contribution < -0.4 is 0 Å². The van der Waals surface area contributed by atoms with Crippen LogP contribution in [0.3, 0.4) is 0 Å². The van der Waals surface area contributed by atoms with Gasteiger partial charge in [-0.3, -0.25) is 0 Å². The number of nitrogens with zero attached hydrogens (tertiary/aromatic N) is 1. The standard InChI is InChI=1S/C15H17F2N/c1-11-4-6-15(10-18,7-5-11)9-12-2-3-13(16)8-14(12)17/h2-3,8,11H,4-7,9H2,1H3. The van der Waals surface area contributed by atoms with Crippen molar-refractivity contribution in [2.75, 3.05) is 0 Å². The van der Waals surface area contributed by atoms with Crippen molar-refractivity contribution in [1.82, 2.24) is 0 Å². The van der Waals surface area contributed by atoms with Gasteiger partial charge in [0.05, 0.1) is 11.5 Å². The first-order valence-corrected chi connectivity index (χ1v) is 6.40. The van der Waals surface area contributed by atoms with Crippen LogP contribution in [-0.2, 0) is 6.42 Å². The summed E-state index contributed by atoms with van der Waals surface area (Å²) in [5.74, 6) is -0.465. The maximum Gasteiger partial charge on any atom is 0.129 e.